The first kappa shape index (κ1) is 23.4. The van der Waals surface area contributed by atoms with Gasteiger partial charge in [-0.2, -0.15) is 0 Å². The zero-order valence-electron chi connectivity index (χ0n) is 19.2. The first-order chi connectivity index (χ1) is 16.6. The van der Waals surface area contributed by atoms with E-state index in [1.807, 2.05) is 53.4 Å². The monoisotopic (exact) mass is 459 g/mol. The summed E-state index contributed by atoms with van der Waals surface area (Å²) in [6.45, 7) is 3.92. The minimum atomic E-state index is -0.345. The summed E-state index contributed by atoms with van der Waals surface area (Å²) in [5, 5.41) is 3.28. The van der Waals surface area contributed by atoms with Crippen LogP contribution >= 0.6 is 0 Å². The molecule has 8 heteroatoms. The second kappa shape index (κ2) is 11.4. The highest BCUT2D eigenvalue weighted by Crippen LogP contribution is 2.17. The predicted octanol–water partition coefficient (Wildman–Crippen LogP) is 2.94. The number of anilines is 1. The first-order valence-electron chi connectivity index (χ1n) is 11.3. The summed E-state index contributed by atoms with van der Waals surface area (Å²) >= 11 is 0. The van der Waals surface area contributed by atoms with Crippen molar-refractivity contribution in [3.63, 3.8) is 0 Å². The number of amides is 2. The number of benzene rings is 2. The topological polar surface area (TPSA) is 86.8 Å². The molecular weight excluding hydrogens is 430 g/mol. The van der Waals surface area contributed by atoms with Gasteiger partial charge in [0.1, 0.15) is 0 Å². The first-order valence-corrected chi connectivity index (χ1v) is 11.3. The number of aromatic nitrogens is 1. The molecule has 1 aliphatic heterocycles. The zero-order chi connectivity index (χ0) is 23.8. The molecule has 1 saturated heterocycles. The fourth-order valence-electron chi connectivity index (χ4n) is 3.76. The summed E-state index contributed by atoms with van der Waals surface area (Å²) < 4.78 is 0. The molecular formula is C26H29N5O3. The second-order valence-electron chi connectivity index (χ2n) is 8.27. The number of nitrogens with one attached hydrogen (secondary N) is 2. The van der Waals surface area contributed by atoms with E-state index in [0.29, 0.717) is 23.4 Å². The van der Waals surface area contributed by atoms with Crippen molar-refractivity contribution in [1.29, 1.82) is 0 Å². The minimum Gasteiger partial charge on any atom is -0.380 e. The van der Waals surface area contributed by atoms with Crippen molar-refractivity contribution in [3.05, 3.63) is 95.3 Å². The molecule has 0 spiro atoms. The van der Waals surface area contributed by atoms with Crippen molar-refractivity contribution in [2.45, 2.75) is 13.2 Å². The van der Waals surface area contributed by atoms with E-state index >= 15 is 0 Å². The number of carbonyl (C=O) groups excluding carboxylic acids is 2. The molecule has 176 valence electrons. The van der Waals surface area contributed by atoms with E-state index in [2.05, 4.69) is 27.7 Å². The molecule has 2 aromatic carbocycles. The van der Waals surface area contributed by atoms with Gasteiger partial charge in [-0.1, -0.05) is 24.3 Å². The lowest BCUT2D eigenvalue weighted by atomic mass is 10.1. The highest BCUT2D eigenvalue weighted by molar-refractivity contribution is 5.99. The SMILES string of the molecule is CN1CCN(C(=O)c2cccc(CONC(=O)c3ccccc3NCc3ccncc3)c2)CC1. The summed E-state index contributed by atoms with van der Waals surface area (Å²) in [6, 6.07) is 18.4. The lowest BCUT2D eigenvalue weighted by Gasteiger charge is -2.32. The van der Waals surface area contributed by atoms with Crippen molar-refractivity contribution in [2.24, 2.45) is 0 Å². The zero-order valence-corrected chi connectivity index (χ0v) is 19.2. The maximum atomic E-state index is 12.8. The van der Waals surface area contributed by atoms with E-state index in [1.54, 1.807) is 24.5 Å². The third kappa shape index (κ3) is 6.18. The van der Waals surface area contributed by atoms with E-state index in [4.69, 9.17) is 4.84 Å². The molecule has 0 aliphatic carbocycles. The van der Waals surface area contributed by atoms with Crippen LogP contribution in [0.1, 0.15) is 31.8 Å². The largest absolute Gasteiger partial charge is 0.380 e. The Labute approximate surface area is 199 Å². The quantitative estimate of drug-likeness (QED) is 0.504. The van der Waals surface area contributed by atoms with Gasteiger partial charge in [-0.15, -0.1) is 0 Å². The third-order valence-electron chi connectivity index (χ3n) is 5.77. The van der Waals surface area contributed by atoms with E-state index in [1.165, 1.54) is 0 Å². The van der Waals surface area contributed by atoms with Gasteiger partial charge in [0, 0.05) is 56.4 Å². The maximum absolute atomic E-state index is 12.8. The molecule has 1 aliphatic rings. The molecule has 8 nitrogen and oxygen atoms in total. The fourth-order valence-corrected chi connectivity index (χ4v) is 3.76. The molecule has 4 rings (SSSR count). The number of hydrogen-bond donors (Lipinski definition) is 2. The predicted molar refractivity (Wildman–Crippen MR) is 130 cm³/mol. The van der Waals surface area contributed by atoms with Crippen LogP contribution in [0.5, 0.6) is 0 Å². The Hall–Kier alpha value is -3.75. The Morgan fingerprint density at radius 3 is 2.50 bits per heavy atom. The van der Waals surface area contributed by atoms with Crippen LogP contribution in [0.4, 0.5) is 5.69 Å². The molecule has 0 radical (unpaired) electrons. The van der Waals surface area contributed by atoms with E-state index in [9.17, 15) is 9.59 Å². The average molecular weight is 460 g/mol. The summed E-state index contributed by atoms with van der Waals surface area (Å²) in [5.74, 6) is -0.323. The van der Waals surface area contributed by atoms with Gasteiger partial charge in [0.05, 0.1) is 12.2 Å². The van der Waals surface area contributed by atoms with Crippen LogP contribution < -0.4 is 10.8 Å². The van der Waals surface area contributed by atoms with Crippen LogP contribution in [0.3, 0.4) is 0 Å². The number of rotatable bonds is 8. The van der Waals surface area contributed by atoms with Crippen molar-refractivity contribution >= 4 is 17.5 Å². The van der Waals surface area contributed by atoms with Crippen molar-refractivity contribution in [3.8, 4) is 0 Å². The maximum Gasteiger partial charge on any atom is 0.276 e. The van der Waals surface area contributed by atoms with Gasteiger partial charge in [-0.3, -0.25) is 19.4 Å². The van der Waals surface area contributed by atoms with E-state index in [-0.39, 0.29) is 18.4 Å². The molecule has 2 amide bonds. The second-order valence-corrected chi connectivity index (χ2v) is 8.27. The van der Waals surface area contributed by atoms with Crippen LogP contribution in [0, 0.1) is 0 Å². The van der Waals surface area contributed by atoms with Crippen LogP contribution in [0.15, 0.2) is 73.1 Å². The van der Waals surface area contributed by atoms with Crippen LogP contribution in [-0.4, -0.2) is 59.8 Å². The van der Waals surface area contributed by atoms with Gasteiger partial charge in [-0.25, -0.2) is 5.48 Å². The van der Waals surface area contributed by atoms with Crippen LogP contribution in [0.2, 0.25) is 0 Å². The average Bonchev–Trinajstić information content (AvgIpc) is 2.88. The summed E-state index contributed by atoms with van der Waals surface area (Å²) in [6.07, 6.45) is 3.47. The van der Waals surface area contributed by atoms with Gasteiger partial charge in [0.15, 0.2) is 0 Å². The van der Waals surface area contributed by atoms with Gasteiger partial charge >= 0.3 is 0 Å². The summed E-state index contributed by atoms with van der Waals surface area (Å²) in [4.78, 5) is 39.1. The molecule has 2 N–H and O–H groups in total. The van der Waals surface area contributed by atoms with Crippen molar-refractivity contribution in [1.82, 2.24) is 20.3 Å². The lowest BCUT2D eigenvalue weighted by molar-refractivity contribution is 0.0233. The molecule has 0 unspecified atom stereocenters. The Bertz CT molecular complexity index is 1110. The van der Waals surface area contributed by atoms with Crippen LogP contribution in [-0.2, 0) is 18.0 Å². The Balaban J connectivity index is 1.31. The number of nitrogens with zero attached hydrogens (tertiary/aromatic N) is 3. The Morgan fingerprint density at radius 2 is 1.71 bits per heavy atom. The smallest absolute Gasteiger partial charge is 0.276 e. The van der Waals surface area contributed by atoms with Gasteiger partial charge < -0.3 is 15.1 Å². The third-order valence-corrected chi connectivity index (χ3v) is 5.77. The summed E-state index contributed by atoms with van der Waals surface area (Å²) in [7, 11) is 2.06. The number of hydrogen-bond acceptors (Lipinski definition) is 6. The number of likely N-dealkylation sites (N-methyl/N-ethyl adjacent to an activating group) is 1. The van der Waals surface area contributed by atoms with Crippen molar-refractivity contribution in [2.75, 3.05) is 38.5 Å². The highest BCUT2D eigenvalue weighted by atomic mass is 16.6. The number of para-hydroxylation sites is 1. The highest BCUT2D eigenvalue weighted by Gasteiger charge is 2.20. The molecule has 2 heterocycles. The molecule has 3 aromatic rings. The lowest BCUT2D eigenvalue weighted by Crippen LogP contribution is -2.47. The summed E-state index contributed by atoms with van der Waals surface area (Å²) in [5.41, 5.74) is 6.20. The molecule has 1 aromatic heterocycles. The normalized spacial score (nSPS) is 14.0. The molecule has 0 atom stereocenters. The standard InChI is InChI=1S/C26H29N5O3/c1-30-13-15-31(16-14-30)26(33)22-6-4-5-21(17-22)19-34-29-25(32)23-7-2-3-8-24(23)28-18-20-9-11-27-12-10-20/h2-12,17,28H,13-16,18-19H2,1H3,(H,29,32). The Morgan fingerprint density at radius 1 is 0.941 bits per heavy atom. The molecule has 1 fully saturated rings. The van der Waals surface area contributed by atoms with Crippen LogP contribution in [0.25, 0.3) is 0 Å². The number of pyridine rings is 1. The number of hydroxylamine groups is 1. The molecule has 0 bridgehead atoms. The molecule has 34 heavy (non-hydrogen) atoms. The minimum absolute atomic E-state index is 0.0215. The van der Waals surface area contributed by atoms with Gasteiger partial charge in [0.25, 0.3) is 11.8 Å². The van der Waals surface area contributed by atoms with Gasteiger partial charge in [-0.05, 0) is 54.6 Å². The van der Waals surface area contributed by atoms with E-state index < -0.39 is 0 Å². The fraction of sp³-hybridized carbons (Fsp3) is 0.269. The van der Waals surface area contributed by atoms with Crippen molar-refractivity contribution < 1.29 is 14.4 Å². The Kier molecular flexibility index (Phi) is 7.85. The number of piperazine rings is 1. The number of carbonyl (C=O) groups is 2. The van der Waals surface area contributed by atoms with Gasteiger partial charge in [0.2, 0.25) is 0 Å². The van der Waals surface area contributed by atoms with E-state index in [0.717, 1.165) is 37.3 Å². The molecule has 0 saturated carbocycles.